The van der Waals surface area contributed by atoms with Crippen molar-refractivity contribution in [1.82, 2.24) is 24.1 Å². The van der Waals surface area contributed by atoms with Gasteiger partial charge in [0.2, 0.25) is 11.6 Å². The van der Waals surface area contributed by atoms with Gasteiger partial charge in [0, 0.05) is 29.1 Å². The van der Waals surface area contributed by atoms with Gasteiger partial charge < -0.3 is 5.32 Å². The van der Waals surface area contributed by atoms with Crippen LogP contribution in [0.2, 0.25) is 0 Å². The van der Waals surface area contributed by atoms with Gasteiger partial charge in [-0.05, 0) is 42.0 Å². The van der Waals surface area contributed by atoms with Gasteiger partial charge in [0.15, 0.2) is 0 Å². The van der Waals surface area contributed by atoms with Crippen molar-refractivity contribution in [2.45, 2.75) is 13.1 Å². The SMILES string of the molecule is O=C(Cn1nc2c(=O)n(-c3ccc(Br)cc3)ccn2c1=O)NCc1ccc(F)cc1. The summed E-state index contributed by atoms with van der Waals surface area (Å²) in [6, 6.07) is 12.8. The summed E-state index contributed by atoms with van der Waals surface area (Å²) in [7, 11) is 0. The van der Waals surface area contributed by atoms with Crippen LogP contribution >= 0.6 is 15.9 Å². The number of carbonyl (C=O) groups is 1. The van der Waals surface area contributed by atoms with Crippen molar-refractivity contribution in [3.63, 3.8) is 0 Å². The molecule has 4 aromatic rings. The molecule has 8 nitrogen and oxygen atoms in total. The molecule has 2 aromatic carbocycles. The van der Waals surface area contributed by atoms with Crippen molar-refractivity contribution in [2.24, 2.45) is 0 Å². The summed E-state index contributed by atoms with van der Waals surface area (Å²) >= 11 is 3.34. The van der Waals surface area contributed by atoms with Crippen molar-refractivity contribution in [2.75, 3.05) is 0 Å². The monoisotopic (exact) mass is 471 g/mol. The first kappa shape index (κ1) is 19.8. The van der Waals surface area contributed by atoms with Gasteiger partial charge in [0.05, 0.1) is 0 Å². The summed E-state index contributed by atoms with van der Waals surface area (Å²) in [5.74, 6) is -0.826. The fraction of sp³-hybridized carbons (Fsp3) is 0.100. The Hall–Kier alpha value is -3.53. The third kappa shape index (κ3) is 3.94. The van der Waals surface area contributed by atoms with Crippen LogP contribution in [0.4, 0.5) is 4.39 Å². The van der Waals surface area contributed by atoms with E-state index < -0.39 is 17.2 Å². The molecule has 1 N–H and O–H groups in total. The summed E-state index contributed by atoms with van der Waals surface area (Å²) in [5.41, 5.74) is 0.162. The van der Waals surface area contributed by atoms with Crippen molar-refractivity contribution < 1.29 is 9.18 Å². The normalized spacial score (nSPS) is 11.0. The summed E-state index contributed by atoms with van der Waals surface area (Å²) < 4.78 is 17.2. The van der Waals surface area contributed by atoms with Gasteiger partial charge in [-0.15, -0.1) is 5.10 Å². The van der Waals surface area contributed by atoms with E-state index in [0.29, 0.717) is 11.3 Å². The smallest absolute Gasteiger partial charge is 0.350 e. The van der Waals surface area contributed by atoms with Crippen LogP contribution in [0, 0.1) is 5.82 Å². The summed E-state index contributed by atoms with van der Waals surface area (Å²) in [5, 5.41) is 6.67. The Labute approximate surface area is 177 Å². The van der Waals surface area contributed by atoms with E-state index >= 15 is 0 Å². The Morgan fingerprint density at radius 3 is 2.43 bits per heavy atom. The first-order valence-corrected chi connectivity index (χ1v) is 9.69. The van der Waals surface area contributed by atoms with E-state index in [2.05, 4.69) is 26.3 Å². The number of carbonyl (C=O) groups excluding carboxylic acids is 1. The third-order valence-corrected chi connectivity index (χ3v) is 4.98. The summed E-state index contributed by atoms with van der Waals surface area (Å²) in [6.07, 6.45) is 2.90. The molecule has 0 fully saturated rings. The molecule has 0 saturated carbocycles. The van der Waals surface area contributed by atoms with Crippen molar-refractivity contribution in [1.29, 1.82) is 0 Å². The molecule has 152 valence electrons. The molecular formula is C20H15BrFN5O3. The quantitative estimate of drug-likeness (QED) is 0.480. The van der Waals surface area contributed by atoms with Crippen molar-refractivity contribution >= 4 is 27.5 Å². The molecule has 10 heteroatoms. The van der Waals surface area contributed by atoms with Gasteiger partial charge in [0.25, 0.3) is 0 Å². The second-order valence-corrected chi connectivity index (χ2v) is 7.40. The van der Waals surface area contributed by atoms with Gasteiger partial charge in [-0.3, -0.25) is 14.2 Å². The molecule has 0 unspecified atom stereocenters. The maximum absolute atomic E-state index is 12.9. The van der Waals surface area contributed by atoms with Crippen LogP contribution in [0.3, 0.4) is 0 Å². The molecule has 0 bridgehead atoms. The fourth-order valence-corrected chi connectivity index (χ4v) is 3.18. The number of nitrogens with zero attached hydrogens (tertiary/aromatic N) is 4. The Kier molecular flexibility index (Phi) is 5.32. The van der Waals surface area contributed by atoms with E-state index in [4.69, 9.17) is 0 Å². The zero-order valence-electron chi connectivity index (χ0n) is 15.5. The molecule has 30 heavy (non-hydrogen) atoms. The number of hydrogen-bond donors (Lipinski definition) is 1. The lowest BCUT2D eigenvalue weighted by Crippen LogP contribution is -2.32. The van der Waals surface area contributed by atoms with Gasteiger partial charge >= 0.3 is 11.2 Å². The van der Waals surface area contributed by atoms with Gasteiger partial charge in [0.1, 0.15) is 12.4 Å². The molecule has 0 spiro atoms. The highest BCUT2D eigenvalue weighted by Crippen LogP contribution is 2.12. The number of amides is 1. The van der Waals surface area contributed by atoms with Crippen molar-refractivity contribution in [3.8, 4) is 5.69 Å². The second kappa shape index (κ2) is 8.07. The highest BCUT2D eigenvalue weighted by Gasteiger charge is 2.15. The average Bonchev–Trinajstić information content (AvgIpc) is 3.05. The highest BCUT2D eigenvalue weighted by molar-refractivity contribution is 9.10. The van der Waals surface area contributed by atoms with E-state index in [9.17, 15) is 18.8 Å². The zero-order valence-corrected chi connectivity index (χ0v) is 17.0. The van der Waals surface area contributed by atoms with E-state index in [-0.39, 0.29) is 24.6 Å². The standard InChI is InChI=1S/C20H15BrFN5O3/c21-14-3-7-16(8-4-14)25-9-10-26-18(19(25)29)24-27(20(26)30)12-17(28)23-11-13-1-5-15(22)6-2-13/h1-10H,11-12H2,(H,23,28). The molecule has 2 heterocycles. The average molecular weight is 472 g/mol. The first-order valence-electron chi connectivity index (χ1n) is 8.90. The molecule has 0 aliphatic rings. The van der Waals surface area contributed by atoms with E-state index in [1.807, 2.05) is 0 Å². The lowest BCUT2D eigenvalue weighted by molar-refractivity contribution is -0.122. The minimum atomic E-state index is -0.595. The maximum atomic E-state index is 12.9. The zero-order chi connectivity index (χ0) is 21.3. The van der Waals surface area contributed by atoms with Crippen molar-refractivity contribution in [3.05, 3.63) is 97.6 Å². The maximum Gasteiger partial charge on any atom is 0.351 e. The molecule has 0 aliphatic heterocycles. The molecule has 1 amide bonds. The Morgan fingerprint density at radius 1 is 1.03 bits per heavy atom. The van der Waals surface area contributed by atoms with Crippen LogP contribution in [0.1, 0.15) is 5.56 Å². The van der Waals surface area contributed by atoms with Crippen LogP contribution < -0.4 is 16.6 Å². The van der Waals surface area contributed by atoms with Crippen LogP contribution in [0.15, 0.2) is 75.0 Å². The van der Waals surface area contributed by atoms with E-state index in [1.165, 1.54) is 29.1 Å². The molecular weight excluding hydrogens is 457 g/mol. The molecule has 0 radical (unpaired) electrons. The summed E-state index contributed by atoms with van der Waals surface area (Å²) in [6.45, 7) is -0.170. The molecule has 4 rings (SSSR count). The number of benzene rings is 2. The number of halogens is 2. The fourth-order valence-electron chi connectivity index (χ4n) is 2.91. The minimum Gasteiger partial charge on any atom is -0.350 e. The summed E-state index contributed by atoms with van der Waals surface area (Å²) in [4.78, 5) is 37.5. The first-order chi connectivity index (χ1) is 14.4. The lowest BCUT2D eigenvalue weighted by atomic mass is 10.2. The Bertz CT molecular complexity index is 1340. The van der Waals surface area contributed by atoms with Gasteiger partial charge in [-0.25, -0.2) is 18.3 Å². The Morgan fingerprint density at radius 2 is 1.73 bits per heavy atom. The number of hydrogen-bond acceptors (Lipinski definition) is 4. The molecule has 0 saturated heterocycles. The number of fused-ring (bicyclic) bond motifs is 1. The van der Waals surface area contributed by atoms with Crippen LogP contribution in [-0.4, -0.2) is 24.7 Å². The second-order valence-electron chi connectivity index (χ2n) is 6.49. The lowest BCUT2D eigenvalue weighted by Gasteiger charge is -2.05. The number of aromatic nitrogens is 4. The van der Waals surface area contributed by atoms with E-state index in [1.54, 1.807) is 36.4 Å². The largest absolute Gasteiger partial charge is 0.351 e. The highest BCUT2D eigenvalue weighted by atomic mass is 79.9. The number of rotatable bonds is 5. The third-order valence-electron chi connectivity index (χ3n) is 4.45. The minimum absolute atomic E-state index is 0.0863. The predicted octanol–water partition coefficient (Wildman–Crippen LogP) is 1.86. The predicted molar refractivity (Wildman–Crippen MR) is 111 cm³/mol. The molecule has 0 atom stereocenters. The van der Waals surface area contributed by atoms with Gasteiger partial charge in [-0.1, -0.05) is 28.1 Å². The van der Waals surface area contributed by atoms with Crippen LogP contribution in [-0.2, 0) is 17.9 Å². The van der Waals surface area contributed by atoms with Crippen LogP contribution in [0.25, 0.3) is 11.3 Å². The van der Waals surface area contributed by atoms with E-state index in [0.717, 1.165) is 13.6 Å². The topological polar surface area (TPSA) is 90.4 Å². The number of nitrogens with one attached hydrogen (secondary N) is 1. The Balaban J connectivity index is 1.56. The molecule has 0 aliphatic carbocycles. The van der Waals surface area contributed by atoms with Gasteiger partial charge in [-0.2, -0.15) is 0 Å². The molecule has 2 aromatic heterocycles. The van der Waals surface area contributed by atoms with Crippen LogP contribution in [0.5, 0.6) is 0 Å².